The summed E-state index contributed by atoms with van der Waals surface area (Å²) in [5.74, 6) is 1.10. The summed E-state index contributed by atoms with van der Waals surface area (Å²) in [4.78, 5) is 11.9. The third-order valence-corrected chi connectivity index (χ3v) is 5.88. The van der Waals surface area contributed by atoms with Crippen molar-refractivity contribution >= 4 is 17.5 Å². The van der Waals surface area contributed by atoms with Gasteiger partial charge in [-0.15, -0.1) is 0 Å². The predicted molar refractivity (Wildman–Crippen MR) is 127 cm³/mol. The molecule has 0 radical (unpaired) electrons. The van der Waals surface area contributed by atoms with Crippen LogP contribution in [0.1, 0.15) is 42.3 Å². The molecule has 2 heterocycles. The van der Waals surface area contributed by atoms with E-state index in [1.807, 2.05) is 19.1 Å². The zero-order valence-electron chi connectivity index (χ0n) is 18.8. The number of rotatable bonds is 7. The number of halogens is 1. The summed E-state index contributed by atoms with van der Waals surface area (Å²) in [6.07, 6.45) is 4.91. The lowest BCUT2D eigenvalue weighted by Crippen LogP contribution is -2.35. The normalized spacial score (nSPS) is 15.8. The van der Waals surface area contributed by atoms with Crippen LogP contribution in [-0.4, -0.2) is 23.1 Å². The zero-order valence-corrected chi connectivity index (χ0v) is 18.8. The van der Waals surface area contributed by atoms with Crippen LogP contribution in [0, 0.1) is 12.7 Å². The second-order valence-electron chi connectivity index (χ2n) is 7.98. The molecule has 1 atom stereocenters. The quantitative estimate of drug-likeness (QED) is 0.373. The van der Waals surface area contributed by atoms with Crippen LogP contribution in [0.5, 0.6) is 0 Å². The largest absolute Gasteiger partial charge is 0.371 e. The number of aromatic nitrogens is 2. The van der Waals surface area contributed by atoms with Crippen LogP contribution in [0.3, 0.4) is 0 Å². The van der Waals surface area contributed by atoms with Gasteiger partial charge in [0.25, 0.3) is 0 Å². The lowest BCUT2D eigenvalue weighted by Gasteiger charge is -2.37. The van der Waals surface area contributed by atoms with Gasteiger partial charge in [-0.2, -0.15) is 4.98 Å². The summed E-state index contributed by atoms with van der Waals surface area (Å²) in [5, 5.41) is 3.23. The lowest BCUT2D eigenvalue weighted by molar-refractivity contribution is 0.145. The second kappa shape index (κ2) is 9.92. The summed E-state index contributed by atoms with van der Waals surface area (Å²) in [7, 11) is 0. The molecule has 1 N–H and O–H groups in total. The molecule has 166 valence electrons. The smallest absolute Gasteiger partial charge is 0.229 e. The van der Waals surface area contributed by atoms with E-state index in [9.17, 15) is 4.39 Å². The Morgan fingerprint density at radius 1 is 1.16 bits per heavy atom. The molecular formula is C26H29FN4O. The van der Waals surface area contributed by atoms with Gasteiger partial charge >= 0.3 is 0 Å². The van der Waals surface area contributed by atoms with Crippen molar-refractivity contribution in [2.24, 2.45) is 0 Å². The molecule has 1 aromatic heterocycles. The number of anilines is 3. The van der Waals surface area contributed by atoms with Gasteiger partial charge < -0.3 is 15.0 Å². The molecule has 4 rings (SSSR count). The third-order valence-electron chi connectivity index (χ3n) is 5.88. The summed E-state index contributed by atoms with van der Waals surface area (Å²) >= 11 is 0. The Kier molecular flexibility index (Phi) is 6.81. The summed E-state index contributed by atoms with van der Waals surface area (Å²) in [6.45, 7) is 8.04. The van der Waals surface area contributed by atoms with Crippen molar-refractivity contribution in [1.82, 2.24) is 9.97 Å². The Morgan fingerprint density at radius 2 is 1.94 bits per heavy atom. The number of ether oxygens (including phenoxy) is 1. The molecule has 6 heteroatoms. The second-order valence-corrected chi connectivity index (χ2v) is 7.98. The van der Waals surface area contributed by atoms with E-state index >= 15 is 0 Å². The van der Waals surface area contributed by atoms with Crippen LogP contribution >= 0.6 is 0 Å². The molecule has 0 spiro atoms. The number of hydrogen-bond donors (Lipinski definition) is 1. The van der Waals surface area contributed by atoms with E-state index in [1.54, 1.807) is 12.1 Å². The molecule has 32 heavy (non-hydrogen) atoms. The highest BCUT2D eigenvalue weighted by atomic mass is 19.1. The summed E-state index contributed by atoms with van der Waals surface area (Å²) < 4.78 is 19.1. The maximum atomic E-state index is 13.3. The maximum absolute atomic E-state index is 13.3. The number of benzene rings is 2. The van der Waals surface area contributed by atoms with Gasteiger partial charge in [0.1, 0.15) is 11.6 Å². The van der Waals surface area contributed by atoms with Gasteiger partial charge in [-0.05, 0) is 62.6 Å². The molecule has 0 saturated carbocycles. The van der Waals surface area contributed by atoms with E-state index in [0.29, 0.717) is 19.2 Å². The Balaban J connectivity index is 1.69. The van der Waals surface area contributed by atoms with Gasteiger partial charge in [-0.25, -0.2) is 9.37 Å². The predicted octanol–water partition coefficient (Wildman–Crippen LogP) is 5.88. The van der Waals surface area contributed by atoms with Crippen LogP contribution in [0.25, 0.3) is 0 Å². The zero-order chi connectivity index (χ0) is 22.5. The fourth-order valence-corrected chi connectivity index (χ4v) is 4.07. The first-order chi connectivity index (χ1) is 15.6. The number of hydrogen-bond acceptors (Lipinski definition) is 5. The topological polar surface area (TPSA) is 50.3 Å². The Morgan fingerprint density at radius 3 is 2.72 bits per heavy atom. The van der Waals surface area contributed by atoms with Crippen molar-refractivity contribution < 1.29 is 9.13 Å². The first kappa shape index (κ1) is 22.0. The number of nitrogens with one attached hydrogen (secondary N) is 1. The van der Waals surface area contributed by atoms with Crippen molar-refractivity contribution in [3.8, 4) is 0 Å². The summed E-state index contributed by atoms with van der Waals surface area (Å²) in [6, 6.07) is 15.0. The van der Waals surface area contributed by atoms with Crippen molar-refractivity contribution in [2.45, 2.75) is 39.8 Å². The standard InChI is InChI=1S/C26H29FN4O/c1-4-5-16-32-17-24-18(2)25(30-26(29-24)28-22-12-10-21(27)11-13-22)31-15-14-20-8-6-7-9-23(20)19(31)3/h4-13,19H,14-17H2,1-3H3,(H,28,29,30)/b5-4+. The molecule has 1 aliphatic rings. The highest BCUT2D eigenvalue weighted by Crippen LogP contribution is 2.35. The molecule has 0 saturated heterocycles. The number of fused-ring (bicyclic) bond motifs is 1. The van der Waals surface area contributed by atoms with Gasteiger partial charge in [-0.1, -0.05) is 36.4 Å². The minimum absolute atomic E-state index is 0.198. The molecular weight excluding hydrogens is 403 g/mol. The Bertz CT molecular complexity index is 1100. The summed E-state index contributed by atoms with van der Waals surface area (Å²) in [5.41, 5.74) is 5.31. The van der Waals surface area contributed by atoms with Gasteiger partial charge in [0, 0.05) is 17.8 Å². The molecule has 3 aromatic rings. The third kappa shape index (κ3) is 4.81. The van der Waals surface area contributed by atoms with Crippen LogP contribution < -0.4 is 10.2 Å². The minimum Gasteiger partial charge on any atom is -0.371 e. The molecule has 0 fully saturated rings. The van der Waals surface area contributed by atoms with Crippen LogP contribution in [0.15, 0.2) is 60.7 Å². The molecule has 5 nitrogen and oxygen atoms in total. The fourth-order valence-electron chi connectivity index (χ4n) is 4.07. The van der Waals surface area contributed by atoms with Crippen molar-refractivity contribution in [3.63, 3.8) is 0 Å². The molecule has 2 aromatic carbocycles. The van der Waals surface area contributed by atoms with Crippen molar-refractivity contribution in [2.75, 3.05) is 23.4 Å². The van der Waals surface area contributed by atoms with E-state index < -0.39 is 0 Å². The molecule has 1 aliphatic heterocycles. The van der Waals surface area contributed by atoms with Crippen molar-refractivity contribution in [3.05, 3.63) is 88.9 Å². The van der Waals surface area contributed by atoms with E-state index in [0.717, 1.165) is 35.7 Å². The molecule has 0 aliphatic carbocycles. The first-order valence-electron chi connectivity index (χ1n) is 11.0. The van der Waals surface area contributed by atoms with E-state index in [-0.39, 0.29) is 11.9 Å². The molecule has 0 amide bonds. The average Bonchev–Trinajstić information content (AvgIpc) is 2.80. The van der Waals surface area contributed by atoms with E-state index in [1.165, 1.54) is 23.3 Å². The SMILES string of the molecule is C/C=C/COCc1nc(Nc2ccc(F)cc2)nc(N2CCc3ccccc3C2C)c1C. The van der Waals surface area contributed by atoms with Crippen LogP contribution in [-0.2, 0) is 17.8 Å². The van der Waals surface area contributed by atoms with Crippen molar-refractivity contribution in [1.29, 1.82) is 0 Å². The maximum Gasteiger partial charge on any atom is 0.229 e. The lowest BCUT2D eigenvalue weighted by atomic mass is 9.93. The van der Waals surface area contributed by atoms with Gasteiger partial charge in [0.05, 0.1) is 24.9 Å². The van der Waals surface area contributed by atoms with Gasteiger partial charge in [-0.3, -0.25) is 0 Å². The number of allylic oxidation sites excluding steroid dienone is 1. The Labute approximate surface area is 189 Å². The Hall–Kier alpha value is -3.25. The monoisotopic (exact) mass is 432 g/mol. The van der Waals surface area contributed by atoms with E-state index in [2.05, 4.69) is 48.3 Å². The van der Waals surface area contributed by atoms with Crippen LogP contribution in [0.2, 0.25) is 0 Å². The first-order valence-corrected chi connectivity index (χ1v) is 11.0. The fraction of sp³-hybridized carbons (Fsp3) is 0.308. The highest BCUT2D eigenvalue weighted by Gasteiger charge is 2.27. The minimum atomic E-state index is -0.278. The molecule has 1 unspecified atom stereocenters. The molecule has 0 bridgehead atoms. The van der Waals surface area contributed by atoms with E-state index in [4.69, 9.17) is 14.7 Å². The van der Waals surface area contributed by atoms with Crippen LogP contribution in [0.4, 0.5) is 21.8 Å². The average molecular weight is 433 g/mol. The van der Waals surface area contributed by atoms with Gasteiger partial charge in [0.15, 0.2) is 0 Å². The highest BCUT2D eigenvalue weighted by molar-refractivity contribution is 5.59. The van der Waals surface area contributed by atoms with Gasteiger partial charge in [0.2, 0.25) is 5.95 Å². The number of nitrogens with zero attached hydrogens (tertiary/aromatic N) is 3.